The van der Waals surface area contributed by atoms with Gasteiger partial charge in [-0.3, -0.25) is 0 Å². The Hall–Kier alpha value is -0.900. The van der Waals surface area contributed by atoms with Crippen molar-refractivity contribution in [1.29, 1.82) is 0 Å². The van der Waals surface area contributed by atoms with Crippen molar-refractivity contribution in [1.82, 2.24) is 0 Å². The Labute approximate surface area is 136 Å². The summed E-state index contributed by atoms with van der Waals surface area (Å²) in [6.45, 7) is 0.361. The Morgan fingerprint density at radius 3 is 2.50 bits per heavy atom. The van der Waals surface area contributed by atoms with E-state index in [4.69, 9.17) is 32.7 Å². The number of hydrogen-bond acceptors (Lipinski definition) is 2. The van der Waals surface area contributed by atoms with Crippen molar-refractivity contribution >= 4 is 39.1 Å². The molecule has 0 N–H and O–H groups in total. The number of halogens is 3. The van der Waals surface area contributed by atoms with Gasteiger partial charge in [-0.25, -0.2) is 0 Å². The Balaban J connectivity index is 2.14. The van der Waals surface area contributed by atoms with E-state index < -0.39 is 0 Å². The van der Waals surface area contributed by atoms with Crippen molar-refractivity contribution in [2.24, 2.45) is 0 Å². The largest absolute Gasteiger partial charge is 0.493 e. The van der Waals surface area contributed by atoms with Crippen molar-refractivity contribution in [3.8, 4) is 11.5 Å². The number of alkyl halides is 1. The van der Waals surface area contributed by atoms with Crippen molar-refractivity contribution in [2.45, 2.75) is 11.9 Å². The van der Waals surface area contributed by atoms with Crippen LogP contribution in [0.15, 0.2) is 36.4 Å². The molecule has 0 heterocycles. The first-order valence-electron chi connectivity index (χ1n) is 5.93. The summed E-state index contributed by atoms with van der Waals surface area (Å²) < 4.78 is 11.1. The molecule has 0 aliphatic heterocycles. The molecule has 0 amide bonds. The van der Waals surface area contributed by atoms with E-state index in [1.165, 1.54) is 0 Å². The van der Waals surface area contributed by atoms with E-state index in [0.29, 0.717) is 28.2 Å². The predicted molar refractivity (Wildman–Crippen MR) is 86.4 cm³/mol. The molecule has 0 saturated carbocycles. The average molecular weight is 376 g/mol. The van der Waals surface area contributed by atoms with Gasteiger partial charge in [-0.1, -0.05) is 51.3 Å². The Morgan fingerprint density at radius 1 is 1.05 bits per heavy atom. The summed E-state index contributed by atoms with van der Waals surface area (Å²) in [5.41, 5.74) is 2.00. The van der Waals surface area contributed by atoms with E-state index >= 15 is 0 Å². The molecule has 0 unspecified atom stereocenters. The molecular formula is C15H13BrCl2O2. The molecule has 0 atom stereocenters. The fourth-order valence-electron chi connectivity index (χ4n) is 1.71. The third-order valence-electron chi connectivity index (χ3n) is 2.78. The maximum absolute atomic E-state index is 6.12. The molecule has 0 aromatic heterocycles. The zero-order chi connectivity index (χ0) is 14.5. The van der Waals surface area contributed by atoms with Gasteiger partial charge in [0.15, 0.2) is 11.5 Å². The summed E-state index contributed by atoms with van der Waals surface area (Å²) in [5.74, 6) is 1.38. The van der Waals surface area contributed by atoms with Gasteiger partial charge in [-0.05, 0) is 29.8 Å². The number of rotatable bonds is 5. The summed E-state index contributed by atoms with van der Waals surface area (Å²) in [6.07, 6.45) is 0. The molecule has 0 radical (unpaired) electrons. The molecule has 20 heavy (non-hydrogen) atoms. The molecule has 0 spiro atoms. The van der Waals surface area contributed by atoms with Crippen molar-refractivity contribution in [3.63, 3.8) is 0 Å². The Kier molecular flexibility index (Phi) is 5.58. The number of hydrogen-bond donors (Lipinski definition) is 0. The lowest BCUT2D eigenvalue weighted by Gasteiger charge is -2.12. The zero-order valence-corrected chi connectivity index (χ0v) is 13.9. The molecule has 0 aliphatic rings. The van der Waals surface area contributed by atoms with Crippen LogP contribution in [-0.2, 0) is 11.9 Å². The fourth-order valence-corrected chi connectivity index (χ4v) is 2.52. The maximum Gasteiger partial charge on any atom is 0.161 e. The first kappa shape index (κ1) is 15.5. The fraction of sp³-hybridized carbons (Fsp3) is 0.200. The van der Waals surface area contributed by atoms with Gasteiger partial charge >= 0.3 is 0 Å². The first-order chi connectivity index (χ1) is 9.63. The highest BCUT2D eigenvalue weighted by Gasteiger charge is 2.07. The van der Waals surface area contributed by atoms with Gasteiger partial charge < -0.3 is 9.47 Å². The van der Waals surface area contributed by atoms with Crippen LogP contribution in [0.4, 0.5) is 0 Å². The number of ether oxygens (including phenoxy) is 2. The van der Waals surface area contributed by atoms with Gasteiger partial charge in [-0.2, -0.15) is 0 Å². The average Bonchev–Trinajstić information content (AvgIpc) is 2.46. The van der Waals surface area contributed by atoms with Crippen LogP contribution in [0, 0.1) is 0 Å². The lowest BCUT2D eigenvalue weighted by atomic mass is 10.2. The summed E-state index contributed by atoms with van der Waals surface area (Å²) in [7, 11) is 1.62. The van der Waals surface area contributed by atoms with E-state index in [0.717, 1.165) is 16.5 Å². The Morgan fingerprint density at radius 2 is 1.85 bits per heavy atom. The van der Waals surface area contributed by atoms with Crippen LogP contribution in [-0.4, -0.2) is 7.11 Å². The molecular weight excluding hydrogens is 363 g/mol. The number of methoxy groups -OCH3 is 1. The third kappa shape index (κ3) is 3.81. The highest BCUT2D eigenvalue weighted by molar-refractivity contribution is 9.08. The minimum atomic E-state index is 0.361. The Bertz CT molecular complexity index is 602. The normalized spacial score (nSPS) is 10.4. The van der Waals surface area contributed by atoms with Crippen LogP contribution in [0.25, 0.3) is 0 Å². The van der Waals surface area contributed by atoms with E-state index in [-0.39, 0.29) is 0 Å². The predicted octanol–water partition coefficient (Wildman–Crippen LogP) is 5.48. The zero-order valence-electron chi connectivity index (χ0n) is 10.8. The second-order valence-electron chi connectivity index (χ2n) is 4.14. The van der Waals surface area contributed by atoms with Crippen LogP contribution in [0.1, 0.15) is 11.1 Å². The first-order valence-corrected chi connectivity index (χ1v) is 7.81. The summed E-state index contributed by atoms with van der Waals surface area (Å²) in [4.78, 5) is 0. The molecule has 2 rings (SSSR count). The van der Waals surface area contributed by atoms with Gasteiger partial charge in [0.05, 0.1) is 7.11 Å². The number of benzene rings is 2. The smallest absolute Gasteiger partial charge is 0.161 e. The molecule has 2 nitrogen and oxygen atoms in total. The van der Waals surface area contributed by atoms with Crippen molar-refractivity contribution in [3.05, 3.63) is 57.6 Å². The van der Waals surface area contributed by atoms with Gasteiger partial charge in [0.25, 0.3) is 0 Å². The molecule has 0 fully saturated rings. The highest BCUT2D eigenvalue weighted by Crippen LogP contribution is 2.30. The second kappa shape index (κ2) is 7.21. The third-order valence-corrected chi connectivity index (χ3v) is 4.02. The quantitative estimate of drug-likeness (QED) is 0.644. The molecule has 2 aromatic carbocycles. The molecule has 2 aromatic rings. The van der Waals surface area contributed by atoms with Crippen LogP contribution < -0.4 is 9.47 Å². The molecule has 0 saturated heterocycles. The van der Waals surface area contributed by atoms with Gasteiger partial charge in [0.2, 0.25) is 0 Å². The van der Waals surface area contributed by atoms with E-state index in [1.54, 1.807) is 19.2 Å². The summed E-state index contributed by atoms with van der Waals surface area (Å²) >= 11 is 15.4. The second-order valence-corrected chi connectivity index (χ2v) is 5.55. The van der Waals surface area contributed by atoms with Gasteiger partial charge in [0, 0.05) is 20.9 Å². The maximum atomic E-state index is 6.12. The van der Waals surface area contributed by atoms with Crippen molar-refractivity contribution < 1.29 is 9.47 Å². The molecule has 0 aliphatic carbocycles. The summed E-state index contributed by atoms with van der Waals surface area (Å²) in [5, 5.41) is 1.97. The van der Waals surface area contributed by atoms with Gasteiger partial charge in [-0.15, -0.1) is 0 Å². The SMILES string of the molecule is COc1cc(CBr)ccc1OCc1ccc(Cl)cc1Cl. The van der Waals surface area contributed by atoms with E-state index in [1.807, 2.05) is 24.3 Å². The van der Waals surface area contributed by atoms with Crippen molar-refractivity contribution in [2.75, 3.05) is 7.11 Å². The van der Waals surface area contributed by atoms with Gasteiger partial charge in [0.1, 0.15) is 6.61 Å². The van der Waals surface area contributed by atoms with Crippen LogP contribution in [0.5, 0.6) is 11.5 Å². The topological polar surface area (TPSA) is 18.5 Å². The minimum Gasteiger partial charge on any atom is -0.493 e. The lowest BCUT2D eigenvalue weighted by Crippen LogP contribution is -1.99. The molecule has 5 heteroatoms. The van der Waals surface area contributed by atoms with Crippen LogP contribution >= 0.6 is 39.1 Å². The minimum absolute atomic E-state index is 0.361. The van der Waals surface area contributed by atoms with Crippen LogP contribution in [0.3, 0.4) is 0 Å². The van der Waals surface area contributed by atoms with Crippen LogP contribution in [0.2, 0.25) is 10.0 Å². The standard InChI is InChI=1S/C15H13BrCl2O2/c1-19-15-6-10(8-16)2-5-14(15)20-9-11-3-4-12(17)7-13(11)18/h2-7H,8-9H2,1H3. The lowest BCUT2D eigenvalue weighted by molar-refractivity contribution is 0.284. The van der Waals surface area contributed by atoms with E-state index in [2.05, 4.69) is 15.9 Å². The molecule has 106 valence electrons. The monoisotopic (exact) mass is 374 g/mol. The highest BCUT2D eigenvalue weighted by atomic mass is 79.9. The van der Waals surface area contributed by atoms with E-state index in [9.17, 15) is 0 Å². The molecule has 0 bridgehead atoms. The summed E-state index contributed by atoms with van der Waals surface area (Å²) in [6, 6.07) is 11.1.